The number of carbonyl (C=O) groups excluding carboxylic acids is 5. The number of Topliss-reactive ketones (excluding diaryl/α,β-unsaturated/α-hetero) is 4. The molecule has 368 valence electrons. The Hall–Kier alpha value is -7.41. The van der Waals surface area contributed by atoms with Crippen LogP contribution in [0.5, 0.6) is 46.0 Å². The van der Waals surface area contributed by atoms with Gasteiger partial charge in [-0.3, -0.25) is 19.2 Å². The Morgan fingerprint density at radius 2 is 0.870 bits per heavy atom. The molecule has 1 heterocycles. The van der Waals surface area contributed by atoms with Crippen molar-refractivity contribution in [3.8, 4) is 46.0 Å². The zero-order chi connectivity index (χ0) is 49.7. The van der Waals surface area contributed by atoms with Crippen LogP contribution in [0, 0.1) is 6.92 Å². The largest absolute Gasteiger partial charge is 0.497 e. The van der Waals surface area contributed by atoms with Gasteiger partial charge in [0.1, 0.15) is 115 Å². The van der Waals surface area contributed by atoms with Crippen molar-refractivity contribution in [2.24, 2.45) is 0 Å². The predicted molar refractivity (Wildman–Crippen MR) is 246 cm³/mol. The summed E-state index contributed by atoms with van der Waals surface area (Å²) >= 11 is 0. The fraction of sp³-hybridized carbons (Fsp3) is 0.353. The van der Waals surface area contributed by atoms with Crippen LogP contribution < -0.4 is 37.9 Å². The quantitative estimate of drug-likeness (QED) is 0.0428. The number of methoxy groups -OCH3 is 5. The lowest BCUT2D eigenvalue weighted by Gasteiger charge is -2.32. The molecule has 0 fully saturated rings. The van der Waals surface area contributed by atoms with E-state index in [1.807, 2.05) is 0 Å². The van der Waals surface area contributed by atoms with Crippen molar-refractivity contribution in [1.29, 1.82) is 0 Å². The summed E-state index contributed by atoms with van der Waals surface area (Å²) in [5.41, 5.74) is 0.0129. The first-order valence-corrected chi connectivity index (χ1v) is 21.5. The predicted octanol–water partition coefficient (Wildman–Crippen LogP) is 6.61. The molecule has 4 unspecified atom stereocenters. The smallest absolute Gasteiger partial charge is 0.341 e. The van der Waals surface area contributed by atoms with Gasteiger partial charge in [0, 0.05) is 6.42 Å². The maximum absolute atomic E-state index is 14.2. The van der Waals surface area contributed by atoms with E-state index in [4.69, 9.17) is 61.3 Å². The Kier molecular flexibility index (Phi) is 20.4. The van der Waals surface area contributed by atoms with Gasteiger partial charge in [0.15, 0.2) is 29.2 Å². The molecule has 0 saturated heterocycles. The van der Waals surface area contributed by atoms with Gasteiger partial charge in [0.25, 0.3) is 0 Å². The highest BCUT2D eigenvalue weighted by molar-refractivity contribution is 5.90. The van der Waals surface area contributed by atoms with E-state index in [-0.39, 0.29) is 17.1 Å². The van der Waals surface area contributed by atoms with Crippen LogP contribution in [0.15, 0.2) is 108 Å². The Morgan fingerprint density at radius 1 is 0.493 bits per heavy atom. The zero-order valence-corrected chi connectivity index (χ0v) is 39.4. The van der Waals surface area contributed by atoms with E-state index in [9.17, 15) is 24.0 Å². The van der Waals surface area contributed by atoms with Crippen molar-refractivity contribution in [3.05, 3.63) is 120 Å². The lowest BCUT2D eigenvalue weighted by Crippen LogP contribution is -2.43. The molecular weight excluding hydrogens is 901 g/mol. The van der Waals surface area contributed by atoms with Crippen LogP contribution in [0.2, 0.25) is 0 Å². The molecule has 0 bridgehead atoms. The molecule has 0 aliphatic rings. The molecule has 0 spiro atoms. The van der Waals surface area contributed by atoms with Crippen molar-refractivity contribution in [1.82, 2.24) is 0 Å². The molecule has 1 aromatic heterocycles. The SMILES string of the molecule is COC(=O)c1cc(C(OCC(=O)COc2ccc(OC)cc2)C(OCC(=O)COc2ccc(OC)cc2)C(CC(=O)C(C)Oc2ccc(OC)cc2)OCC(=O)COc2ccc(OC)cc2)oc1C. The molecule has 0 radical (unpaired) electrons. The number of hydrogen-bond acceptors (Lipinski definition) is 18. The Bertz CT molecular complexity index is 2410. The highest BCUT2D eigenvalue weighted by Crippen LogP contribution is 2.33. The Labute approximate surface area is 399 Å². The van der Waals surface area contributed by atoms with Gasteiger partial charge < -0.3 is 61.3 Å². The molecule has 0 saturated carbocycles. The van der Waals surface area contributed by atoms with Crippen LogP contribution in [0.1, 0.15) is 41.3 Å². The first-order valence-electron chi connectivity index (χ1n) is 21.5. The number of ether oxygens (including phenoxy) is 12. The molecule has 0 N–H and O–H groups in total. The van der Waals surface area contributed by atoms with Crippen LogP contribution in [0.3, 0.4) is 0 Å². The van der Waals surface area contributed by atoms with E-state index in [1.54, 1.807) is 97.1 Å². The third-order valence-electron chi connectivity index (χ3n) is 10.2. The second-order valence-electron chi connectivity index (χ2n) is 15.1. The van der Waals surface area contributed by atoms with Crippen molar-refractivity contribution >= 4 is 29.1 Å². The summed E-state index contributed by atoms with van der Waals surface area (Å²) in [5, 5.41) is 0. The number of carbonyl (C=O) groups is 5. The van der Waals surface area contributed by atoms with E-state index >= 15 is 0 Å². The standard InChI is InChI=1S/C51H56O18/c1-32-45(51(56)61-7)24-48(69-32)50(67-31-36(54)28-64-43-20-12-39(59-5)13-21-43)49(66-30-35(53)27-63-42-18-10-38(58-4)11-19-42)47(25-46(55)33(2)68-44-22-14-40(60-6)15-23-44)65-29-34(52)26-62-41-16-8-37(57-3)9-17-41/h8-24,33,47,49-50H,25-31H2,1-7H3. The minimum absolute atomic E-state index is 0.0129. The molecule has 18 nitrogen and oxygen atoms in total. The van der Waals surface area contributed by atoms with E-state index in [2.05, 4.69) is 0 Å². The monoisotopic (exact) mass is 956 g/mol. The van der Waals surface area contributed by atoms with Gasteiger partial charge in [-0.2, -0.15) is 0 Å². The number of ketones is 4. The van der Waals surface area contributed by atoms with Gasteiger partial charge in [-0.25, -0.2) is 4.79 Å². The van der Waals surface area contributed by atoms with Crippen molar-refractivity contribution in [3.63, 3.8) is 0 Å². The summed E-state index contributed by atoms with van der Waals surface area (Å²) in [6.07, 6.45) is -6.03. The molecule has 0 amide bonds. The number of hydrogen-bond donors (Lipinski definition) is 0. The van der Waals surface area contributed by atoms with Gasteiger partial charge in [-0.05, 0) is 117 Å². The maximum Gasteiger partial charge on any atom is 0.341 e. The summed E-state index contributed by atoms with van der Waals surface area (Å²) in [5.74, 6) is 0.919. The second kappa shape index (κ2) is 26.8. The minimum Gasteiger partial charge on any atom is -0.497 e. The first kappa shape index (κ1) is 52.6. The molecule has 0 aliphatic heterocycles. The summed E-state index contributed by atoms with van der Waals surface area (Å²) in [7, 11) is 7.26. The number of benzene rings is 4. The normalized spacial score (nSPS) is 12.6. The fourth-order valence-electron chi connectivity index (χ4n) is 6.45. The summed E-state index contributed by atoms with van der Waals surface area (Å²) in [6.45, 7) is -0.182. The number of furan rings is 1. The van der Waals surface area contributed by atoms with Crippen LogP contribution >= 0.6 is 0 Å². The molecule has 5 aromatic rings. The average molecular weight is 957 g/mol. The Morgan fingerprint density at radius 3 is 1.28 bits per heavy atom. The van der Waals surface area contributed by atoms with E-state index < -0.39 is 99.6 Å². The summed E-state index contributed by atoms with van der Waals surface area (Å²) < 4.78 is 73.9. The topological polar surface area (TPSA) is 209 Å². The molecule has 18 heteroatoms. The van der Waals surface area contributed by atoms with Gasteiger partial charge in [-0.1, -0.05) is 0 Å². The Balaban J connectivity index is 1.48. The molecule has 4 aromatic carbocycles. The molecule has 4 atom stereocenters. The second-order valence-corrected chi connectivity index (χ2v) is 15.1. The lowest BCUT2D eigenvalue weighted by atomic mass is 9.98. The average Bonchev–Trinajstić information content (AvgIpc) is 3.77. The molecule has 0 aliphatic carbocycles. The number of rotatable bonds is 31. The van der Waals surface area contributed by atoms with Crippen LogP contribution in [-0.4, -0.2) is 123 Å². The molecule has 69 heavy (non-hydrogen) atoms. The van der Waals surface area contributed by atoms with Crippen molar-refractivity contribution < 1.29 is 85.2 Å². The molecule has 5 rings (SSSR count). The van der Waals surface area contributed by atoms with Gasteiger partial charge in [0.05, 0.1) is 41.7 Å². The van der Waals surface area contributed by atoms with Crippen molar-refractivity contribution in [2.75, 3.05) is 75.2 Å². The summed E-state index contributed by atoms with van der Waals surface area (Å²) in [4.78, 5) is 67.6. The minimum atomic E-state index is -1.52. The molecular formula is C51H56O18. The van der Waals surface area contributed by atoms with Gasteiger partial charge in [0.2, 0.25) is 0 Å². The van der Waals surface area contributed by atoms with E-state index in [0.29, 0.717) is 46.0 Å². The number of aryl methyl sites for hydroxylation is 1. The first-order chi connectivity index (χ1) is 33.3. The maximum atomic E-state index is 14.2. The third kappa shape index (κ3) is 16.4. The van der Waals surface area contributed by atoms with Gasteiger partial charge in [-0.15, -0.1) is 0 Å². The zero-order valence-electron chi connectivity index (χ0n) is 39.4. The van der Waals surface area contributed by atoms with Crippen molar-refractivity contribution in [2.45, 2.75) is 44.7 Å². The van der Waals surface area contributed by atoms with E-state index in [1.165, 1.54) is 55.5 Å². The van der Waals surface area contributed by atoms with Gasteiger partial charge >= 0.3 is 5.97 Å². The third-order valence-corrected chi connectivity index (χ3v) is 10.2. The van der Waals surface area contributed by atoms with Crippen LogP contribution in [0.4, 0.5) is 0 Å². The summed E-state index contributed by atoms with van der Waals surface area (Å²) in [6, 6.07) is 27.6. The lowest BCUT2D eigenvalue weighted by molar-refractivity contribution is -0.167. The van der Waals surface area contributed by atoms with Crippen LogP contribution in [0.25, 0.3) is 0 Å². The van der Waals surface area contributed by atoms with Crippen LogP contribution in [-0.2, 0) is 38.1 Å². The number of esters is 1. The highest BCUT2D eigenvalue weighted by atomic mass is 16.6. The van der Waals surface area contributed by atoms with E-state index in [0.717, 1.165) is 0 Å². The highest BCUT2D eigenvalue weighted by Gasteiger charge is 2.40. The fourth-order valence-corrected chi connectivity index (χ4v) is 6.45.